The van der Waals surface area contributed by atoms with E-state index in [1.165, 1.54) is 46.3 Å². The molecule has 0 saturated heterocycles. The first-order valence-corrected chi connectivity index (χ1v) is 11.1. The highest BCUT2D eigenvalue weighted by Crippen LogP contribution is 2.39. The molecular weight excluding hydrogens is 418 g/mol. The number of benzene rings is 2. The van der Waals surface area contributed by atoms with Crippen molar-refractivity contribution < 1.29 is 9.53 Å². The van der Waals surface area contributed by atoms with E-state index in [1.54, 1.807) is 6.21 Å². The van der Waals surface area contributed by atoms with E-state index in [0.29, 0.717) is 10.6 Å². The maximum absolute atomic E-state index is 12.4. The van der Waals surface area contributed by atoms with Crippen LogP contribution in [0.4, 0.5) is 5.00 Å². The van der Waals surface area contributed by atoms with E-state index in [9.17, 15) is 4.79 Å². The van der Waals surface area contributed by atoms with Crippen LogP contribution in [-0.2, 0) is 11.3 Å². The highest BCUT2D eigenvalue weighted by Gasteiger charge is 2.22. The van der Waals surface area contributed by atoms with Crippen LogP contribution in [0.3, 0.4) is 0 Å². The van der Waals surface area contributed by atoms with Crippen LogP contribution in [0.2, 0.25) is 0 Å². The molecule has 0 radical (unpaired) electrons. The van der Waals surface area contributed by atoms with Gasteiger partial charge in [0.25, 0.3) is 0 Å². The number of carbonyl (C=O) groups excluding carboxylic acids is 1. The first-order chi connectivity index (χ1) is 15.5. The molecule has 2 aromatic heterocycles. The molecule has 6 heteroatoms. The average molecular weight is 442 g/mol. The van der Waals surface area contributed by atoms with Crippen LogP contribution >= 0.6 is 11.3 Å². The predicted molar refractivity (Wildman–Crippen MR) is 132 cm³/mol. The number of hydrogen-bond acceptors (Lipinski definition) is 5. The number of fused-ring (bicyclic) bond motifs is 3. The van der Waals surface area contributed by atoms with Crippen molar-refractivity contribution in [1.82, 2.24) is 4.57 Å². The number of aryl methyl sites for hydroxylation is 1. The molecule has 5 nitrogen and oxygen atoms in total. The number of thiophene rings is 1. The fraction of sp³-hybridized carbons (Fsp3) is 0.192. The van der Waals surface area contributed by atoms with Crippen LogP contribution in [-0.4, -0.2) is 23.9 Å². The van der Waals surface area contributed by atoms with Gasteiger partial charge >= 0.3 is 5.97 Å². The van der Waals surface area contributed by atoms with Gasteiger partial charge in [0, 0.05) is 45.5 Å². The molecule has 0 fully saturated rings. The topological polar surface area (TPSA) is 67.4 Å². The van der Waals surface area contributed by atoms with Crippen molar-refractivity contribution in [2.24, 2.45) is 4.99 Å². The summed E-state index contributed by atoms with van der Waals surface area (Å²) in [7, 11) is 1.36. The van der Waals surface area contributed by atoms with Crippen LogP contribution in [0.1, 0.15) is 40.2 Å². The van der Waals surface area contributed by atoms with Gasteiger partial charge in [0.05, 0.1) is 18.7 Å². The minimum atomic E-state index is -0.427. The summed E-state index contributed by atoms with van der Waals surface area (Å²) in [6.45, 7) is 6.76. The highest BCUT2D eigenvalue weighted by atomic mass is 32.1. The summed E-state index contributed by atoms with van der Waals surface area (Å²) in [5.41, 5.74) is 5.37. The molecule has 4 aromatic rings. The molecule has 0 aliphatic heterocycles. The molecule has 0 saturated carbocycles. The Kier molecular flexibility index (Phi) is 5.93. The smallest absolute Gasteiger partial charge is 0.341 e. The lowest BCUT2D eigenvalue weighted by molar-refractivity contribution is 0.0601. The molecular formula is C26H23N3O2S. The number of methoxy groups -OCH3 is 1. The van der Waals surface area contributed by atoms with Crippen molar-refractivity contribution in [2.45, 2.75) is 27.3 Å². The lowest BCUT2D eigenvalue weighted by atomic mass is 10.1. The Bertz CT molecular complexity index is 1450. The van der Waals surface area contributed by atoms with Crippen molar-refractivity contribution >= 4 is 55.9 Å². The Labute approximate surface area is 190 Å². The van der Waals surface area contributed by atoms with Crippen molar-refractivity contribution in [3.63, 3.8) is 0 Å². The fourth-order valence-corrected chi connectivity index (χ4v) is 5.21. The highest BCUT2D eigenvalue weighted by molar-refractivity contribution is 7.17. The lowest BCUT2D eigenvalue weighted by Crippen LogP contribution is -2.02. The molecule has 0 atom stereocenters. The molecule has 0 unspecified atom stereocenters. The molecule has 0 aliphatic carbocycles. The predicted octanol–water partition coefficient (Wildman–Crippen LogP) is 6.65. The quantitative estimate of drug-likeness (QED) is 0.198. The van der Waals surface area contributed by atoms with Gasteiger partial charge < -0.3 is 9.30 Å². The molecule has 160 valence electrons. The third-order valence-electron chi connectivity index (χ3n) is 5.60. The number of para-hydroxylation sites is 1. The summed E-state index contributed by atoms with van der Waals surface area (Å²) in [4.78, 5) is 18.0. The number of nitriles is 1. The van der Waals surface area contributed by atoms with Gasteiger partial charge in [0.2, 0.25) is 0 Å². The second-order valence-electron chi connectivity index (χ2n) is 7.48. The normalized spacial score (nSPS) is 12.0. The number of esters is 1. The molecule has 4 rings (SSSR count). The van der Waals surface area contributed by atoms with Gasteiger partial charge in [0.15, 0.2) is 0 Å². The zero-order valence-corrected chi connectivity index (χ0v) is 19.3. The van der Waals surface area contributed by atoms with Gasteiger partial charge in [-0.05, 0) is 55.7 Å². The largest absolute Gasteiger partial charge is 0.465 e. The van der Waals surface area contributed by atoms with Crippen LogP contribution in [0.25, 0.3) is 27.4 Å². The van der Waals surface area contributed by atoms with Crippen molar-refractivity contribution in [2.75, 3.05) is 7.11 Å². The number of rotatable bonds is 5. The number of aromatic nitrogens is 1. The summed E-state index contributed by atoms with van der Waals surface area (Å²) < 4.78 is 7.30. The first kappa shape index (κ1) is 21.5. The Morgan fingerprint density at radius 2 is 1.97 bits per heavy atom. The molecule has 0 N–H and O–H groups in total. The lowest BCUT2D eigenvalue weighted by Gasteiger charge is -2.03. The van der Waals surface area contributed by atoms with Gasteiger partial charge in [-0.3, -0.25) is 0 Å². The maximum atomic E-state index is 12.4. The number of aliphatic imine (C=N–C) groups is 1. The minimum Gasteiger partial charge on any atom is -0.465 e. The van der Waals surface area contributed by atoms with Crippen LogP contribution < -0.4 is 0 Å². The minimum absolute atomic E-state index is 0.427. The second-order valence-corrected chi connectivity index (χ2v) is 8.48. The zero-order valence-electron chi connectivity index (χ0n) is 18.5. The first-order valence-electron chi connectivity index (χ1n) is 10.3. The number of hydrogen-bond donors (Lipinski definition) is 0. The van der Waals surface area contributed by atoms with Crippen molar-refractivity contribution in [1.29, 1.82) is 5.26 Å². The van der Waals surface area contributed by atoms with E-state index in [1.807, 2.05) is 26.0 Å². The average Bonchev–Trinajstić information content (AvgIpc) is 3.31. The standard InChI is InChI=1S/C26H23N3O2S/c1-5-29-21-9-7-6-8-19(21)20-14-18(10-11-22(20)29)15-28-25-23(26(30)31-4)17(3)24(32-25)16(2)12-13-27/h6-12,14-15H,5H2,1-4H3/b16-12+,28-15+. The van der Waals surface area contributed by atoms with Gasteiger partial charge in [-0.2, -0.15) is 5.26 Å². The van der Waals surface area contributed by atoms with Gasteiger partial charge in [-0.25, -0.2) is 9.79 Å². The van der Waals surface area contributed by atoms with Crippen LogP contribution in [0.15, 0.2) is 53.5 Å². The Morgan fingerprint density at radius 1 is 1.22 bits per heavy atom. The number of ether oxygens (including phenoxy) is 1. The number of nitrogens with zero attached hydrogens (tertiary/aromatic N) is 3. The summed E-state index contributed by atoms with van der Waals surface area (Å²) in [6.07, 6.45) is 3.26. The second kappa shape index (κ2) is 8.81. The molecule has 0 spiro atoms. The van der Waals surface area contributed by atoms with E-state index >= 15 is 0 Å². The van der Waals surface area contributed by atoms with Crippen LogP contribution in [0, 0.1) is 18.3 Å². The molecule has 0 aliphatic rings. The maximum Gasteiger partial charge on any atom is 0.341 e. The third kappa shape index (κ3) is 3.61. The molecule has 0 bridgehead atoms. The van der Waals surface area contributed by atoms with E-state index in [4.69, 9.17) is 10.00 Å². The van der Waals surface area contributed by atoms with E-state index in [2.05, 4.69) is 52.9 Å². The van der Waals surface area contributed by atoms with Gasteiger partial charge in [-0.1, -0.05) is 24.3 Å². The fourth-order valence-electron chi connectivity index (χ4n) is 4.10. The monoisotopic (exact) mass is 441 g/mol. The van der Waals surface area contributed by atoms with Gasteiger partial charge in [-0.15, -0.1) is 11.3 Å². The van der Waals surface area contributed by atoms with E-state index in [-0.39, 0.29) is 0 Å². The number of allylic oxidation sites excluding steroid dienone is 2. The molecule has 0 amide bonds. The Hall–Kier alpha value is -3.69. The summed E-state index contributed by atoms with van der Waals surface area (Å²) in [5.74, 6) is -0.427. The zero-order chi connectivity index (χ0) is 22.8. The third-order valence-corrected chi connectivity index (χ3v) is 6.94. The van der Waals surface area contributed by atoms with E-state index in [0.717, 1.165) is 28.1 Å². The SMILES string of the molecule is CCn1c2ccccc2c2cc(/C=N/c3sc(/C(C)=C/C#N)c(C)c3C(=O)OC)ccc21. The van der Waals surface area contributed by atoms with Crippen molar-refractivity contribution in [3.8, 4) is 6.07 Å². The number of carbonyl (C=O) groups is 1. The molecule has 2 aromatic carbocycles. The Balaban J connectivity index is 1.82. The van der Waals surface area contributed by atoms with Crippen molar-refractivity contribution in [3.05, 3.63) is 70.1 Å². The molecule has 32 heavy (non-hydrogen) atoms. The van der Waals surface area contributed by atoms with E-state index < -0.39 is 5.97 Å². The van der Waals surface area contributed by atoms with Crippen LogP contribution in [0.5, 0.6) is 0 Å². The Morgan fingerprint density at radius 3 is 2.69 bits per heavy atom. The summed E-state index contributed by atoms with van der Waals surface area (Å²) >= 11 is 1.39. The molecule has 2 heterocycles. The van der Waals surface area contributed by atoms with Gasteiger partial charge in [0.1, 0.15) is 5.00 Å². The summed E-state index contributed by atoms with van der Waals surface area (Å²) in [5, 5.41) is 12.0. The summed E-state index contributed by atoms with van der Waals surface area (Å²) in [6, 6.07) is 16.7.